The van der Waals surface area contributed by atoms with Gasteiger partial charge in [-0.1, -0.05) is 24.3 Å². The second-order valence-corrected chi connectivity index (χ2v) is 9.71. The Bertz CT molecular complexity index is 1130. The number of hydrogen-bond acceptors (Lipinski definition) is 4. The van der Waals surface area contributed by atoms with E-state index in [2.05, 4.69) is 39.6 Å². The number of urea groups is 1. The zero-order chi connectivity index (χ0) is 24.0. The van der Waals surface area contributed by atoms with Crippen LogP contribution in [0.1, 0.15) is 17.5 Å². The van der Waals surface area contributed by atoms with E-state index < -0.39 is 0 Å². The number of carbonyl (C=O) groups excluding carboxylic acids is 1. The third-order valence-corrected chi connectivity index (χ3v) is 7.00. The number of anilines is 2. The van der Waals surface area contributed by atoms with Crippen molar-refractivity contribution in [2.24, 2.45) is 5.92 Å². The van der Waals surface area contributed by atoms with Gasteiger partial charge in [-0.15, -0.1) is 0 Å². The number of carbonyl (C=O) groups is 1. The van der Waals surface area contributed by atoms with Crippen molar-refractivity contribution in [1.82, 2.24) is 9.80 Å². The van der Waals surface area contributed by atoms with Crippen LogP contribution in [0.4, 0.5) is 16.2 Å². The summed E-state index contributed by atoms with van der Waals surface area (Å²) >= 11 is 0. The Morgan fingerprint density at radius 3 is 2.31 bits per heavy atom. The molecule has 0 saturated carbocycles. The minimum Gasteiger partial charge on any atom is -0.457 e. The minimum atomic E-state index is -0.245. The van der Waals surface area contributed by atoms with E-state index in [1.807, 2.05) is 60.7 Å². The molecule has 1 heterocycles. The third-order valence-electron chi connectivity index (χ3n) is 7.00. The average molecular weight is 471 g/mol. The number of amides is 2. The van der Waals surface area contributed by atoms with E-state index in [-0.39, 0.29) is 6.03 Å². The van der Waals surface area contributed by atoms with Crippen LogP contribution < -0.4 is 15.4 Å². The summed E-state index contributed by atoms with van der Waals surface area (Å²) in [5.74, 6) is 2.23. The second kappa shape index (κ2) is 10.9. The Morgan fingerprint density at radius 1 is 0.857 bits per heavy atom. The van der Waals surface area contributed by atoms with Gasteiger partial charge in [-0.25, -0.2) is 4.79 Å². The van der Waals surface area contributed by atoms with E-state index in [0.717, 1.165) is 35.9 Å². The summed E-state index contributed by atoms with van der Waals surface area (Å²) < 4.78 is 5.81. The normalized spacial score (nSPS) is 18.5. The maximum Gasteiger partial charge on any atom is 0.323 e. The lowest BCUT2D eigenvalue weighted by Gasteiger charge is -2.36. The second-order valence-electron chi connectivity index (χ2n) is 9.71. The first kappa shape index (κ1) is 23.4. The van der Waals surface area contributed by atoms with Crippen LogP contribution in [0, 0.1) is 5.92 Å². The smallest absolute Gasteiger partial charge is 0.323 e. The quantitative estimate of drug-likeness (QED) is 0.501. The molecule has 1 aliphatic heterocycles. The SMILES string of the molecule is CN1CCN(CC2CCc3cc(NC(=O)Nc4ccc(Oc5ccccc5)cc4)ccc3C2)CC1. The van der Waals surface area contributed by atoms with Crippen molar-refractivity contribution in [3.8, 4) is 11.5 Å². The Morgan fingerprint density at radius 2 is 1.54 bits per heavy atom. The third kappa shape index (κ3) is 6.41. The highest BCUT2D eigenvalue weighted by Crippen LogP contribution is 2.29. The van der Waals surface area contributed by atoms with E-state index in [0.29, 0.717) is 5.69 Å². The van der Waals surface area contributed by atoms with Crippen molar-refractivity contribution in [1.29, 1.82) is 0 Å². The zero-order valence-electron chi connectivity index (χ0n) is 20.4. The topological polar surface area (TPSA) is 56.8 Å². The number of hydrogen-bond donors (Lipinski definition) is 2. The van der Waals surface area contributed by atoms with E-state index in [4.69, 9.17) is 4.74 Å². The van der Waals surface area contributed by atoms with Gasteiger partial charge < -0.3 is 25.2 Å². The predicted molar refractivity (Wildman–Crippen MR) is 141 cm³/mol. The lowest BCUT2D eigenvalue weighted by molar-refractivity contribution is 0.132. The number of nitrogens with zero attached hydrogens (tertiary/aromatic N) is 2. The molecule has 35 heavy (non-hydrogen) atoms. The number of para-hydroxylation sites is 1. The molecule has 1 unspecified atom stereocenters. The number of nitrogens with one attached hydrogen (secondary N) is 2. The van der Waals surface area contributed by atoms with Crippen LogP contribution in [0.15, 0.2) is 72.8 Å². The Hall–Kier alpha value is -3.35. The van der Waals surface area contributed by atoms with Gasteiger partial charge >= 0.3 is 6.03 Å². The van der Waals surface area contributed by atoms with Gasteiger partial charge in [-0.05, 0) is 91.9 Å². The van der Waals surface area contributed by atoms with Crippen LogP contribution >= 0.6 is 0 Å². The fourth-order valence-electron chi connectivity index (χ4n) is 4.98. The van der Waals surface area contributed by atoms with E-state index in [9.17, 15) is 4.79 Å². The molecular weight excluding hydrogens is 436 g/mol. The van der Waals surface area contributed by atoms with Crippen LogP contribution in [0.3, 0.4) is 0 Å². The van der Waals surface area contributed by atoms with Crippen LogP contribution in [0.25, 0.3) is 0 Å². The van der Waals surface area contributed by atoms with Gasteiger partial charge in [0.05, 0.1) is 0 Å². The monoisotopic (exact) mass is 470 g/mol. The molecule has 1 saturated heterocycles. The summed E-state index contributed by atoms with van der Waals surface area (Å²) in [5, 5.41) is 5.88. The number of aryl methyl sites for hydroxylation is 1. The molecule has 2 aliphatic rings. The summed E-state index contributed by atoms with van der Waals surface area (Å²) in [7, 11) is 2.21. The minimum absolute atomic E-state index is 0.245. The molecule has 182 valence electrons. The highest BCUT2D eigenvalue weighted by Gasteiger charge is 2.23. The molecule has 1 aliphatic carbocycles. The van der Waals surface area contributed by atoms with Crippen molar-refractivity contribution in [3.05, 3.63) is 83.9 Å². The molecule has 0 spiro atoms. The molecule has 0 radical (unpaired) electrons. The largest absolute Gasteiger partial charge is 0.457 e. The van der Waals surface area contributed by atoms with E-state index in [1.165, 1.54) is 50.3 Å². The summed E-state index contributed by atoms with van der Waals surface area (Å²) in [4.78, 5) is 17.6. The Kier molecular flexibility index (Phi) is 7.31. The molecule has 1 atom stereocenters. The van der Waals surface area contributed by atoms with Crippen molar-refractivity contribution in [3.63, 3.8) is 0 Å². The van der Waals surface area contributed by atoms with E-state index in [1.54, 1.807) is 0 Å². The molecule has 2 N–H and O–H groups in total. The number of piperazine rings is 1. The predicted octanol–water partition coefficient (Wildman–Crippen LogP) is 5.48. The van der Waals surface area contributed by atoms with Gasteiger partial charge in [0.25, 0.3) is 0 Å². The Labute approximate surface area is 207 Å². The number of rotatable bonds is 6. The molecule has 5 rings (SSSR count). The highest BCUT2D eigenvalue weighted by molar-refractivity contribution is 5.99. The van der Waals surface area contributed by atoms with E-state index >= 15 is 0 Å². The highest BCUT2D eigenvalue weighted by atomic mass is 16.5. The van der Waals surface area contributed by atoms with Gasteiger partial charge in [-0.3, -0.25) is 0 Å². The zero-order valence-corrected chi connectivity index (χ0v) is 20.4. The number of fused-ring (bicyclic) bond motifs is 1. The fraction of sp³-hybridized carbons (Fsp3) is 0.345. The molecule has 3 aromatic rings. The molecule has 2 amide bonds. The maximum atomic E-state index is 12.6. The summed E-state index contributed by atoms with van der Waals surface area (Å²) in [6.07, 6.45) is 3.42. The van der Waals surface area contributed by atoms with Crippen LogP contribution in [-0.2, 0) is 12.8 Å². The van der Waals surface area contributed by atoms with Gasteiger partial charge in [0, 0.05) is 44.1 Å². The van der Waals surface area contributed by atoms with Crippen molar-refractivity contribution < 1.29 is 9.53 Å². The molecule has 0 aromatic heterocycles. The standard InChI is InChI=1S/C29H34N4O2/c1-32-15-17-33(18-16-32)21-22-7-8-24-20-26(10-9-23(24)19-22)31-29(34)30-25-11-13-28(14-12-25)35-27-5-3-2-4-6-27/h2-6,9-14,20,22H,7-8,15-19,21H2,1H3,(H2,30,31,34). The van der Waals surface area contributed by atoms with Gasteiger partial charge in [0.2, 0.25) is 0 Å². The lowest BCUT2D eigenvalue weighted by Crippen LogP contribution is -2.46. The van der Waals surface area contributed by atoms with Crippen LogP contribution in [0.2, 0.25) is 0 Å². The lowest BCUT2D eigenvalue weighted by atomic mass is 9.83. The molecule has 0 bridgehead atoms. The molecule has 6 nitrogen and oxygen atoms in total. The molecular formula is C29H34N4O2. The first-order valence-electron chi connectivity index (χ1n) is 12.5. The van der Waals surface area contributed by atoms with Crippen molar-refractivity contribution in [2.75, 3.05) is 50.4 Å². The summed E-state index contributed by atoms with van der Waals surface area (Å²) in [5.41, 5.74) is 4.34. The molecule has 6 heteroatoms. The van der Waals surface area contributed by atoms with Gasteiger partial charge in [0.1, 0.15) is 11.5 Å². The summed E-state index contributed by atoms with van der Waals surface area (Å²) in [6.45, 7) is 5.91. The first-order valence-corrected chi connectivity index (χ1v) is 12.5. The van der Waals surface area contributed by atoms with Crippen LogP contribution in [0.5, 0.6) is 11.5 Å². The molecule has 1 fully saturated rings. The summed E-state index contributed by atoms with van der Waals surface area (Å²) in [6, 6.07) is 23.1. The number of benzene rings is 3. The van der Waals surface area contributed by atoms with Crippen molar-refractivity contribution >= 4 is 17.4 Å². The Balaban J connectivity index is 1.12. The first-order chi connectivity index (χ1) is 17.1. The maximum absolute atomic E-state index is 12.6. The fourth-order valence-corrected chi connectivity index (χ4v) is 4.98. The van der Waals surface area contributed by atoms with Crippen LogP contribution in [-0.4, -0.2) is 55.6 Å². The van der Waals surface area contributed by atoms with Crippen molar-refractivity contribution in [2.45, 2.75) is 19.3 Å². The molecule has 3 aromatic carbocycles. The van der Waals surface area contributed by atoms with Gasteiger partial charge in [0.15, 0.2) is 0 Å². The average Bonchev–Trinajstić information content (AvgIpc) is 2.87. The number of likely N-dealkylation sites (N-methyl/N-ethyl adjacent to an activating group) is 1. The number of ether oxygens (including phenoxy) is 1. The van der Waals surface area contributed by atoms with Gasteiger partial charge in [-0.2, -0.15) is 0 Å².